The van der Waals surface area contributed by atoms with Gasteiger partial charge in [-0.3, -0.25) is 4.79 Å². The number of pyridine rings is 2. The number of esters is 1. The molecule has 0 saturated carbocycles. The molecule has 0 atom stereocenters. The Balaban J connectivity index is 2.40. The Bertz CT molecular complexity index is 755. The van der Waals surface area contributed by atoms with E-state index in [2.05, 4.69) is 14.7 Å². The molecule has 1 N–H and O–H groups in total. The highest BCUT2D eigenvalue weighted by molar-refractivity contribution is 5.92. The van der Waals surface area contributed by atoms with Gasteiger partial charge in [0.15, 0.2) is 6.61 Å². The number of hydrogen-bond donors (Lipinski definition) is 1. The van der Waals surface area contributed by atoms with E-state index in [1.165, 1.54) is 18.3 Å². The van der Waals surface area contributed by atoms with Crippen LogP contribution in [0.1, 0.15) is 17.3 Å². The second kappa shape index (κ2) is 6.04. The van der Waals surface area contributed by atoms with Crippen LogP contribution in [0.25, 0.3) is 11.0 Å². The van der Waals surface area contributed by atoms with Crippen LogP contribution in [0.5, 0.6) is 5.88 Å². The van der Waals surface area contributed by atoms with E-state index in [9.17, 15) is 22.8 Å². The van der Waals surface area contributed by atoms with Gasteiger partial charge in [0.05, 0.1) is 12.1 Å². The van der Waals surface area contributed by atoms with Gasteiger partial charge in [-0.1, -0.05) is 0 Å². The number of H-pyrrole nitrogens is 1. The van der Waals surface area contributed by atoms with E-state index in [1.807, 2.05) is 0 Å². The van der Waals surface area contributed by atoms with E-state index < -0.39 is 24.2 Å². The van der Waals surface area contributed by atoms with Gasteiger partial charge in [0.1, 0.15) is 11.1 Å². The van der Waals surface area contributed by atoms with Crippen LogP contribution >= 0.6 is 0 Å². The van der Waals surface area contributed by atoms with Crippen LogP contribution < -0.4 is 10.2 Å². The first-order chi connectivity index (χ1) is 10.3. The molecule has 0 aliphatic rings. The maximum Gasteiger partial charge on any atom is 0.422 e. The van der Waals surface area contributed by atoms with Gasteiger partial charge in [-0.05, 0) is 13.0 Å². The second-order valence-corrected chi connectivity index (χ2v) is 4.20. The van der Waals surface area contributed by atoms with E-state index >= 15 is 0 Å². The zero-order valence-electron chi connectivity index (χ0n) is 11.4. The maximum atomic E-state index is 12.1. The van der Waals surface area contributed by atoms with Crippen LogP contribution in [-0.4, -0.2) is 35.3 Å². The largest absolute Gasteiger partial charge is 0.468 e. The molecular weight excluding hydrogens is 305 g/mol. The molecule has 0 saturated heterocycles. The first kappa shape index (κ1) is 15.8. The van der Waals surface area contributed by atoms with Crippen molar-refractivity contribution in [1.82, 2.24) is 9.97 Å². The van der Waals surface area contributed by atoms with Crippen molar-refractivity contribution in [2.75, 3.05) is 13.2 Å². The average molecular weight is 316 g/mol. The summed E-state index contributed by atoms with van der Waals surface area (Å²) in [5.74, 6) is -1.20. The summed E-state index contributed by atoms with van der Waals surface area (Å²) in [6.45, 7) is 0.133. The van der Waals surface area contributed by atoms with E-state index in [4.69, 9.17) is 4.74 Å². The van der Waals surface area contributed by atoms with Gasteiger partial charge >= 0.3 is 12.1 Å². The summed E-state index contributed by atoms with van der Waals surface area (Å²) in [6, 6.07) is 2.53. The summed E-state index contributed by atoms with van der Waals surface area (Å²) >= 11 is 0. The van der Waals surface area contributed by atoms with Crippen molar-refractivity contribution in [1.29, 1.82) is 0 Å². The van der Waals surface area contributed by atoms with Crippen molar-refractivity contribution in [3.8, 4) is 5.88 Å². The summed E-state index contributed by atoms with van der Waals surface area (Å²) in [5.41, 5.74) is -0.970. The van der Waals surface area contributed by atoms with Gasteiger partial charge < -0.3 is 14.5 Å². The molecule has 0 aliphatic carbocycles. The number of aromatic nitrogens is 2. The highest BCUT2D eigenvalue weighted by atomic mass is 19.4. The number of nitrogens with one attached hydrogen (secondary N) is 1. The van der Waals surface area contributed by atoms with Crippen LogP contribution in [0.15, 0.2) is 23.1 Å². The number of alkyl halides is 3. The van der Waals surface area contributed by atoms with E-state index in [0.717, 1.165) is 0 Å². The van der Waals surface area contributed by atoms with Gasteiger partial charge in [0.2, 0.25) is 11.3 Å². The van der Waals surface area contributed by atoms with Crippen molar-refractivity contribution < 1.29 is 27.4 Å². The molecule has 9 heteroatoms. The molecule has 118 valence electrons. The average Bonchev–Trinajstić information content (AvgIpc) is 2.45. The number of carbonyl (C=O) groups excluding carboxylic acids is 1. The highest BCUT2D eigenvalue weighted by Gasteiger charge is 2.28. The Morgan fingerprint density at radius 2 is 2.09 bits per heavy atom. The van der Waals surface area contributed by atoms with E-state index in [-0.39, 0.29) is 29.1 Å². The van der Waals surface area contributed by atoms with Crippen LogP contribution in [0.4, 0.5) is 13.2 Å². The molecule has 0 unspecified atom stereocenters. The number of hydrogen-bond acceptors (Lipinski definition) is 5. The lowest BCUT2D eigenvalue weighted by molar-refractivity contribution is -0.154. The van der Waals surface area contributed by atoms with Crippen molar-refractivity contribution in [3.63, 3.8) is 0 Å². The number of aromatic amines is 1. The van der Waals surface area contributed by atoms with Gasteiger partial charge in [-0.15, -0.1) is 0 Å². The first-order valence-electron chi connectivity index (χ1n) is 6.21. The topological polar surface area (TPSA) is 81.3 Å². The van der Waals surface area contributed by atoms with Crippen LogP contribution in [0.3, 0.4) is 0 Å². The fourth-order valence-electron chi connectivity index (χ4n) is 1.67. The maximum absolute atomic E-state index is 12.1. The minimum absolute atomic E-state index is 0.0818. The van der Waals surface area contributed by atoms with Gasteiger partial charge in [-0.2, -0.15) is 13.2 Å². The van der Waals surface area contributed by atoms with Crippen LogP contribution in [-0.2, 0) is 4.74 Å². The Morgan fingerprint density at radius 3 is 2.73 bits per heavy atom. The number of nitrogens with zero attached hydrogens (tertiary/aromatic N) is 1. The highest BCUT2D eigenvalue weighted by Crippen LogP contribution is 2.18. The van der Waals surface area contributed by atoms with Crippen molar-refractivity contribution >= 4 is 17.0 Å². The zero-order chi connectivity index (χ0) is 16.3. The third kappa shape index (κ3) is 3.54. The Hall–Kier alpha value is -2.58. The molecule has 2 aromatic heterocycles. The Labute approximate surface area is 121 Å². The minimum atomic E-state index is -4.52. The lowest BCUT2D eigenvalue weighted by Gasteiger charge is -2.09. The molecule has 0 fully saturated rings. The number of halogens is 3. The van der Waals surface area contributed by atoms with E-state index in [0.29, 0.717) is 0 Å². The normalized spacial score (nSPS) is 11.5. The van der Waals surface area contributed by atoms with Gasteiger partial charge in [0, 0.05) is 12.3 Å². The summed E-state index contributed by atoms with van der Waals surface area (Å²) < 4.78 is 45.5. The van der Waals surface area contributed by atoms with Gasteiger partial charge in [0.25, 0.3) is 0 Å². The van der Waals surface area contributed by atoms with Crippen LogP contribution in [0, 0.1) is 0 Å². The number of ether oxygens (including phenoxy) is 2. The number of rotatable bonds is 4. The smallest absolute Gasteiger partial charge is 0.422 e. The molecule has 22 heavy (non-hydrogen) atoms. The van der Waals surface area contributed by atoms with E-state index in [1.54, 1.807) is 6.92 Å². The summed E-state index contributed by atoms with van der Waals surface area (Å²) in [4.78, 5) is 30.1. The molecule has 6 nitrogen and oxygen atoms in total. The van der Waals surface area contributed by atoms with Gasteiger partial charge in [-0.25, -0.2) is 9.78 Å². The molecule has 2 aromatic rings. The molecule has 0 bridgehead atoms. The fourth-order valence-corrected chi connectivity index (χ4v) is 1.67. The molecule has 0 radical (unpaired) electrons. The van der Waals surface area contributed by atoms with Crippen LogP contribution in [0.2, 0.25) is 0 Å². The molecule has 2 heterocycles. The number of fused-ring (bicyclic) bond motifs is 1. The van der Waals surface area contributed by atoms with Crippen molar-refractivity contribution in [2.45, 2.75) is 13.1 Å². The lowest BCUT2D eigenvalue weighted by atomic mass is 10.2. The van der Waals surface area contributed by atoms with Crippen molar-refractivity contribution in [3.05, 3.63) is 34.1 Å². The third-order valence-corrected chi connectivity index (χ3v) is 2.58. The Kier molecular flexibility index (Phi) is 4.34. The molecule has 0 amide bonds. The monoisotopic (exact) mass is 316 g/mol. The number of carbonyl (C=O) groups is 1. The second-order valence-electron chi connectivity index (χ2n) is 4.20. The molecule has 0 spiro atoms. The SMILES string of the molecule is CCOC(=O)c1c[nH]c2ccc(OCC(F)(F)F)nc2c1=O. The summed E-state index contributed by atoms with van der Waals surface area (Å²) in [6.07, 6.45) is -3.35. The lowest BCUT2D eigenvalue weighted by Crippen LogP contribution is -2.21. The predicted molar refractivity (Wildman–Crippen MR) is 69.9 cm³/mol. The first-order valence-corrected chi connectivity index (χ1v) is 6.21. The molecule has 2 rings (SSSR count). The predicted octanol–water partition coefficient (Wildman–Crippen LogP) is 2.04. The zero-order valence-corrected chi connectivity index (χ0v) is 11.4. The molecular formula is C13H11F3N2O4. The molecule has 0 aliphatic heterocycles. The third-order valence-electron chi connectivity index (χ3n) is 2.58. The summed E-state index contributed by atoms with van der Waals surface area (Å²) in [5, 5.41) is 0. The standard InChI is InChI=1S/C13H11F3N2O4/c1-2-21-12(20)7-5-17-8-3-4-9(18-10(8)11(7)19)22-6-13(14,15)16/h3-5H,2,6H2,1H3,(H,17,19). The summed E-state index contributed by atoms with van der Waals surface area (Å²) in [7, 11) is 0. The van der Waals surface area contributed by atoms with Crippen molar-refractivity contribution in [2.24, 2.45) is 0 Å². The fraction of sp³-hybridized carbons (Fsp3) is 0.308. The Morgan fingerprint density at radius 1 is 1.36 bits per heavy atom. The minimum Gasteiger partial charge on any atom is -0.468 e. The quantitative estimate of drug-likeness (QED) is 0.873. The molecule has 0 aromatic carbocycles.